The summed E-state index contributed by atoms with van der Waals surface area (Å²) >= 11 is 0. The predicted molar refractivity (Wildman–Crippen MR) is 98.2 cm³/mol. The van der Waals surface area contributed by atoms with E-state index in [0.717, 1.165) is 5.75 Å². The van der Waals surface area contributed by atoms with Crippen molar-refractivity contribution in [3.8, 4) is 11.5 Å². The highest BCUT2D eigenvalue weighted by atomic mass is 19.1. The lowest BCUT2D eigenvalue weighted by molar-refractivity contribution is 0.102. The number of carbonyl (C=O) groups excluding carboxylic acids is 1. The zero-order valence-corrected chi connectivity index (χ0v) is 14.0. The first-order chi connectivity index (χ1) is 12.7. The van der Waals surface area contributed by atoms with Crippen LogP contribution in [0.4, 0.5) is 10.1 Å². The van der Waals surface area contributed by atoms with Crippen LogP contribution in [0, 0.1) is 5.82 Å². The second-order valence-electron chi connectivity index (χ2n) is 5.50. The number of ether oxygens (including phenoxy) is 2. The molecule has 1 amide bonds. The van der Waals surface area contributed by atoms with Gasteiger partial charge in [0.25, 0.3) is 5.91 Å². The number of hydrogen-bond acceptors (Lipinski definition) is 3. The molecule has 0 aromatic heterocycles. The lowest BCUT2D eigenvalue weighted by Gasteiger charge is -2.10. The van der Waals surface area contributed by atoms with Crippen molar-refractivity contribution in [3.63, 3.8) is 0 Å². The molecule has 0 aliphatic heterocycles. The molecule has 132 valence electrons. The largest absolute Gasteiger partial charge is 0.490 e. The summed E-state index contributed by atoms with van der Waals surface area (Å²) in [5.74, 6) is 0.718. The molecule has 0 radical (unpaired) electrons. The molecule has 3 aromatic rings. The van der Waals surface area contributed by atoms with E-state index in [0.29, 0.717) is 30.2 Å². The van der Waals surface area contributed by atoms with Crippen molar-refractivity contribution in [2.24, 2.45) is 0 Å². The molecule has 0 fully saturated rings. The van der Waals surface area contributed by atoms with Crippen molar-refractivity contribution in [1.29, 1.82) is 0 Å². The second-order valence-corrected chi connectivity index (χ2v) is 5.50. The highest BCUT2D eigenvalue weighted by Gasteiger charge is 2.07. The van der Waals surface area contributed by atoms with Gasteiger partial charge in [0.05, 0.1) is 0 Å². The Kier molecular flexibility index (Phi) is 5.83. The molecule has 0 atom stereocenters. The number of para-hydroxylation sites is 1. The van der Waals surface area contributed by atoms with Crippen molar-refractivity contribution in [2.45, 2.75) is 0 Å². The van der Waals surface area contributed by atoms with Crippen LogP contribution in [0.25, 0.3) is 0 Å². The molecule has 26 heavy (non-hydrogen) atoms. The van der Waals surface area contributed by atoms with Crippen LogP contribution in [0.2, 0.25) is 0 Å². The standard InChI is InChI=1S/C21H18FNO3/c22-17-9-11-18(12-10-17)23-21(24)16-5-4-8-20(15-16)26-14-13-25-19-6-2-1-3-7-19/h1-12,15H,13-14H2,(H,23,24). The fraction of sp³-hybridized carbons (Fsp3) is 0.0952. The van der Waals surface area contributed by atoms with Crippen LogP contribution in [-0.2, 0) is 0 Å². The predicted octanol–water partition coefficient (Wildman–Crippen LogP) is 4.54. The summed E-state index contributed by atoms with van der Waals surface area (Å²) in [6, 6.07) is 21.9. The molecule has 3 aromatic carbocycles. The summed E-state index contributed by atoms with van der Waals surface area (Å²) in [7, 11) is 0. The third-order valence-corrected chi connectivity index (χ3v) is 3.56. The van der Waals surface area contributed by atoms with Crippen LogP contribution in [0.15, 0.2) is 78.9 Å². The van der Waals surface area contributed by atoms with Gasteiger partial charge in [-0.15, -0.1) is 0 Å². The van der Waals surface area contributed by atoms with Crippen molar-refractivity contribution >= 4 is 11.6 Å². The van der Waals surface area contributed by atoms with E-state index in [2.05, 4.69) is 5.32 Å². The van der Waals surface area contributed by atoms with Crippen LogP contribution in [0.3, 0.4) is 0 Å². The van der Waals surface area contributed by atoms with E-state index in [-0.39, 0.29) is 11.7 Å². The molecule has 0 saturated carbocycles. The third kappa shape index (κ3) is 5.08. The first kappa shape index (κ1) is 17.5. The molecule has 0 bridgehead atoms. The molecule has 1 N–H and O–H groups in total. The zero-order chi connectivity index (χ0) is 18.2. The number of nitrogens with one attached hydrogen (secondary N) is 1. The minimum atomic E-state index is -0.351. The lowest BCUT2D eigenvalue weighted by Crippen LogP contribution is -2.13. The molecule has 0 saturated heterocycles. The zero-order valence-electron chi connectivity index (χ0n) is 14.0. The van der Waals surface area contributed by atoms with Crippen molar-refractivity contribution in [1.82, 2.24) is 0 Å². The van der Waals surface area contributed by atoms with E-state index in [1.54, 1.807) is 24.3 Å². The number of anilines is 1. The van der Waals surface area contributed by atoms with Gasteiger partial charge >= 0.3 is 0 Å². The van der Waals surface area contributed by atoms with Gasteiger partial charge in [-0.1, -0.05) is 24.3 Å². The van der Waals surface area contributed by atoms with Gasteiger partial charge in [-0.05, 0) is 54.6 Å². The number of benzene rings is 3. The van der Waals surface area contributed by atoms with Crippen LogP contribution >= 0.6 is 0 Å². The maximum atomic E-state index is 12.9. The Labute approximate surface area is 151 Å². The minimum absolute atomic E-state index is 0.289. The van der Waals surface area contributed by atoms with Gasteiger partial charge in [-0.2, -0.15) is 0 Å². The number of halogens is 1. The van der Waals surface area contributed by atoms with Crippen molar-refractivity contribution < 1.29 is 18.7 Å². The van der Waals surface area contributed by atoms with Gasteiger partial charge < -0.3 is 14.8 Å². The average molecular weight is 351 g/mol. The van der Waals surface area contributed by atoms with E-state index < -0.39 is 0 Å². The molecule has 5 heteroatoms. The fourth-order valence-electron chi connectivity index (χ4n) is 2.30. The number of rotatable bonds is 7. The van der Waals surface area contributed by atoms with Gasteiger partial charge in [0.2, 0.25) is 0 Å². The lowest BCUT2D eigenvalue weighted by atomic mass is 10.2. The molecule has 0 heterocycles. The smallest absolute Gasteiger partial charge is 0.255 e. The number of hydrogen-bond donors (Lipinski definition) is 1. The molecular formula is C21H18FNO3. The Morgan fingerprint density at radius 2 is 1.46 bits per heavy atom. The summed E-state index contributed by atoms with van der Waals surface area (Å²) in [4.78, 5) is 12.3. The molecule has 0 aliphatic carbocycles. The van der Waals surface area contributed by atoms with Gasteiger partial charge in [0, 0.05) is 11.3 Å². The van der Waals surface area contributed by atoms with E-state index in [1.807, 2.05) is 30.3 Å². The summed E-state index contributed by atoms with van der Waals surface area (Å²) in [5.41, 5.74) is 0.981. The first-order valence-electron chi connectivity index (χ1n) is 8.18. The van der Waals surface area contributed by atoms with Crippen molar-refractivity contribution in [2.75, 3.05) is 18.5 Å². The Morgan fingerprint density at radius 3 is 2.19 bits per heavy atom. The monoisotopic (exact) mass is 351 g/mol. The Morgan fingerprint density at radius 1 is 0.808 bits per heavy atom. The van der Waals surface area contributed by atoms with Crippen molar-refractivity contribution in [3.05, 3.63) is 90.2 Å². The van der Waals surface area contributed by atoms with Gasteiger partial charge in [-0.3, -0.25) is 4.79 Å². The Hall–Kier alpha value is -3.34. The Bertz CT molecular complexity index is 851. The SMILES string of the molecule is O=C(Nc1ccc(F)cc1)c1cccc(OCCOc2ccccc2)c1. The number of carbonyl (C=O) groups is 1. The number of amides is 1. The summed E-state index contributed by atoms with van der Waals surface area (Å²) in [6.45, 7) is 0.758. The van der Waals surface area contributed by atoms with Crippen LogP contribution in [-0.4, -0.2) is 19.1 Å². The highest BCUT2D eigenvalue weighted by Crippen LogP contribution is 2.16. The molecular weight excluding hydrogens is 333 g/mol. The topological polar surface area (TPSA) is 47.6 Å². The third-order valence-electron chi connectivity index (χ3n) is 3.56. The van der Waals surface area contributed by atoms with E-state index in [9.17, 15) is 9.18 Å². The van der Waals surface area contributed by atoms with Crippen LogP contribution < -0.4 is 14.8 Å². The highest BCUT2D eigenvalue weighted by molar-refractivity contribution is 6.04. The Balaban J connectivity index is 1.52. The van der Waals surface area contributed by atoms with Gasteiger partial charge in [0.15, 0.2) is 0 Å². The van der Waals surface area contributed by atoms with Crippen LogP contribution in [0.1, 0.15) is 10.4 Å². The van der Waals surface area contributed by atoms with E-state index in [4.69, 9.17) is 9.47 Å². The molecule has 4 nitrogen and oxygen atoms in total. The van der Waals surface area contributed by atoms with Gasteiger partial charge in [-0.25, -0.2) is 4.39 Å². The first-order valence-corrected chi connectivity index (χ1v) is 8.18. The molecule has 0 unspecified atom stereocenters. The normalized spacial score (nSPS) is 10.2. The van der Waals surface area contributed by atoms with Gasteiger partial charge in [0.1, 0.15) is 30.5 Å². The maximum Gasteiger partial charge on any atom is 0.255 e. The molecule has 0 spiro atoms. The average Bonchev–Trinajstić information content (AvgIpc) is 2.68. The minimum Gasteiger partial charge on any atom is -0.490 e. The fourth-order valence-corrected chi connectivity index (χ4v) is 2.30. The summed E-state index contributed by atoms with van der Waals surface area (Å²) in [6.07, 6.45) is 0. The molecule has 3 rings (SSSR count). The quantitative estimate of drug-likeness (QED) is 0.636. The summed E-state index contributed by atoms with van der Waals surface area (Å²) < 4.78 is 24.1. The van der Waals surface area contributed by atoms with Crippen LogP contribution in [0.5, 0.6) is 11.5 Å². The van der Waals surface area contributed by atoms with E-state index in [1.165, 1.54) is 24.3 Å². The van der Waals surface area contributed by atoms with E-state index >= 15 is 0 Å². The maximum absolute atomic E-state index is 12.9. The summed E-state index contributed by atoms with van der Waals surface area (Å²) in [5, 5.41) is 2.72. The molecule has 0 aliphatic rings. The second kappa shape index (κ2) is 8.67.